The minimum absolute atomic E-state index is 0.181. The lowest BCUT2D eigenvalue weighted by molar-refractivity contribution is -0.162. The molecule has 1 fully saturated rings. The molecule has 1 saturated carbocycles. The lowest BCUT2D eigenvalue weighted by Gasteiger charge is -2.37. The third kappa shape index (κ3) is 2.43. The zero-order chi connectivity index (χ0) is 14.0. The molecule has 20 heavy (non-hydrogen) atoms. The van der Waals surface area contributed by atoms with Crippen molar-refractivity contribution in [3.63, 3.8) is 0 Å². The van der Waals surface area contributed by atoms with Crippen LogP contribution >= 0.6 is 0 Å². The molecule has 0 aromatic heterocycles. The zero-order valence-corrected chi connectivity index (χ0v) is 11.9. The van der Waals surface area contributed by atoms with Crippen LogP contribution < -0.4 is 0 Å². The van der Waals surface area contributed by atoms with Crippen LogP contribution in [0.5, 0.6) is 0 Å². The van der Waals surface area contributed by atoms with Crippen molar-refractivity contribution in [2.24, 2.45) is 0 Å². The molecule has 0 amide bonds. The Morgan fingerprint density at radius 3 is 2.40 bits per heavy atom. The molecule has 2 heteroatoms. The average molecular weight is 268 g/mol. The van der Waals surface area contributed by atoms with E-state index in [9.17, 15) is 4.79 Å². The maximum absolute atomic E-state index is 11.5. The van der Waals surface area contributed by atoms with Gasteiger partial charge in [0, 0.05) is 6.92 Å². The van der Waals surface area contributed by atoms with Gasteiger partial charge in [-0.25, -0.2) is 0 Å². The number of ether oxygens (including phenoxy) is 1. The van der Waals surface area contributed by atoms with Gasteiger partial charge in [0.25, 0.3) is 0 Å². The summed E-state index contributed by atoms with van der Waals surface area (Å²) in [4.78, 5) is 11.5. The van der Waals surface area contributed by atoms with E-state index in [4.69, 9.17) is 4.74 Å². The summed E-state index contributed by atoms with van der Waals surface area (Å²) in [6.07, 6.45) is 5.35. The quantitative estimate of drug-likeness (QED) is 0.746. The molecule has 0 radical (unpaired) electrons. The predicted octanol–water partition coefficient (Wildman–Crippen LogP) is 4.56. The molecule has 1 aliphatic carbocycles. The van der Waals surface area contributed by atoms with E-state index in [0.717, 1.165) is 31.2 Å². The van der Waals surface area contributed by atoms with E-state index in [2.05, 4.69) is 30.3 Å². The Bertz CT molecular complexity index is 624. The second kappa shape index (κ2) is 5.28. The van der Waals surface area contributed by atoms with Crippen LogP contribution in [0, 0.1) is 0 Å². The van der Waals surface area contributed by atoms with Gasteiger partial charge in [0.1, 0.15) is 5.60 Å². The van der Waals surface area contributed by atoms with Gasteiger partial charge in [-0.2, -0.15) is 0 Å². The van der Waals surface area contributed by atoms with E-state index in [0.29, 0.717) is 0 Å². The molecule has 0 atom stereocenters. The SMILES string of the molecule is CC(=O)OC1(c2ccc3ccccc3c2)CCCCC1. The number of esters is 1. The number of carbonyl (C=O) groups is 1. The lowest BCUT2D eigenvalue weighted by atomic mass is 9.79. The molecule has 2 aromatic rings. The summed E-state index contributed by atoms with van der Waals surface area (Å²) in [6.45, 7) is 1.51. The van der Waals surface area contributed by atoms with Crippen molar-refractivity contribution in [2.45, 2.75) is 44.6 Å². The summed E-state index contributed by atoms with van der Waals surface area (Å²) in [5.41, 5.74) is 0.736. The van der Waals surface area contributed by atoms with Gasteiger partial charge in [0.15, 0.2) is 0 Å². The molecular weight excluding hydrogens is 248 g/mol. The second-order valence-corrected chi connectivity index (χ2v) is 5.71. The van der Waals surface area contributed by atoms with Crippen LogP contribution in [0.4, 0.5) is 0 Å². The lowest BCUT2D eigenvalue weighted by Crippen LogP contribution is -2.34. The Hall–Kier alpha value is -1.83. The first kappa shape index (κ1) is 13.2. The van der Waals surface area contributed by atoms with E-state index < -0.39 is 5.60 Å². The van der Waals surface area contributed by atoms with Crippen LogP contribution in [0.2, 0.25) is 0 Å². The van der Waals surface area contributed by atoms with E-state index in [1.807, 2.05) is 12.1 Å². The Labute approximate surface area is 119 Å². The summed E-state index contributed by atoms with van der Waals surface area (Å²) in [5.74, 6) is -0.181. The fourth-order valence-electron chi connectivity index (χ4n) is 3.32. The standard InChI is InChI=1S/C18H20O2/c1-14(19)20-18(11-5-2-6-12-18)17-10-9-15-7-3-4-8-16(15)13-17/h3-4,7-10,13H,2,5-6,11-12H2,1H3. The van der Waals surface area contributed by atoms with Crippen molar-refractivity contribution >= 4 is 16.7 Å². The third-order valence-electron chi connectivity index (χ3n) is 4.28. The molecular formula is C18H20O2. The van der Waals surface area contributed by atoms with Crippen molar-refractivity contribution in [2.75, 3.05) is 0 Å². The Morgan fingerprint density at radius 2 is 1.70 bits per heavy atom. The number of carbonyl (C=O) groups excluding carboxylic acids is 1. The Kier molecular flexibility index (Phi) is 3.47. The summed E-state index contributed by atoms with van der Waals surface area (Å²) < 4.78 is 5.77. The molecule has 0 N–H and O–H groups in total. The largest absolute Gasteiger partial charge is 0.454 e. The fraction of sp³-hybridized carbons (Fsp3) is 0.389. The van der Waals surface area contributed by atoms with Crippen molar-refractivity contribution in [3.05, 3.63) is 48.0 Å². The molecule has 104 valence electrons. The fourth-order valence-corrected chi connectivity index (χ4v) is 3.32. The molecule has 0 saturated heterocycles. The number of fused-ring (bicyclic) bond motifs is 1. The molecule has 0 unspecified atom stereocenters. The number of benzene rings is 2. The van der Waals surface area contributed by atoms with Gasteiger partial charge in [0.2, 0.25) is 0 Å². The molecule has 0 bridgehead atoms. The van der Waals surface area contributed by atoms with Gasteiger partial charge in [0.05, 0.1) is 0 Å². The van der Waals surface area contributed by atoms with Gasteiger partial charge < -0.3 is 4.74 Å². The summed E-state index contributed by atoms with van der Waals surface area (Å²) in [6, 6.07) is 14.8. The summed E-state index contributed by atoms with van der Waals surface area (Å²) >= 11 is 0. The minimum Gasteiger partial charge on any atom is -0.454 e. The van der Waals surface area contributed by atoms with E-state index in [-0.39, 0.29) is 5.97 Å². The van der Waals surface area contributed by atoms with Crippen LogP contribution in [0.25, 0.3) is 10.8 Å². The molecule has 0 aliphatic heterocycles. The summed E-state index contributed by atoms with van der Waals surface area (Å²) in [7, 11) is 0. The number of hydrogen-bond acceptors (Lipinski definition) is 2. The maximum Gasteiger partial charge on any atom is 0.303 e. The zero-order valence-electron chi connectivity index (χ0n) is 11.9. The first-order valence-corrected chi connectivity index (χ1v) is 7.38. The molecule has 0 spiro atoms. The first-order valence-electron chi connectivity index (χ1n) is 7.38. The van der Waals surface area contributed by atoms with Crippen molar-refractivity contribution in [3.8, 4) is 0 Å². The van der Waals surface area contributed by atoms with Gasteiger partial charge in [-0.15, -0.1) is 0 Å². The van der Waals surface area contributed by atoms with Crippen LogP contribution in [0.3, 0.4) is 0 Å². The molecule has 2 aromatic carbocycles. The van der Waals surface area contributed by atoms with Gasteiger partial charge >= 0.3 is 5.97 Å². The maximum atomic E-state index is 11.5. The van der Waals surface area contributed by atoms with Crippen molar-refractivity contribution in [1.29, 1.82) is 0 Å². The highest BCUT2D eigenvalue weighted by Crippen LogP contribution is 2.41. The van der Waals surface area contributed by atoms with Crippen LogP contribution in [0.15, 0.2) is 42.5 Å². The smallest absolute Gasteiger partial charge is 0.303 e. The van der Waals surface area contributed by atoms with Crippen LogP contribution in [-0.4, -0.2) is 5.97 Å². The molecule has 1 aliphatic rings. The van der Waals surface area contributed by atoms with Gasteiger partial charge in [-0.05, 0) is 48.1 Å². The van der Waals surface area contributed by atoms with Crippen LogP contribution in [0.1, 0.15) is 44.6 Å². The normalized spacial score (nSPS) is 17.9. The topological polar surface area (TPSA) is 26.3 Å². The molecule has 2 nitrogen and oxygen atoms in total. The highest BCUT2D eigenvalue weighted by molar-refractivity contribution is 5.83. The number of rotatable bonds is 2. The van der Waals surface area contributed by atoms with Crippen molar-refractivity contribution in [1.82, 2.24) is 0 Å². The predicted molar refractivity (Wildman–Crippen MR) is 80.5 cm³/mol. The third-order valence-corrected chi connectivity index (χ3v) is 4.28. The Morgan fingerprint density at radius 1 is 1.00 bits per heavy atom. The van der Waals surface area contributed by atoms with Gasteiger partial charge in [-0.1, -0.05) is 42.8 Å². The minimum atomic E-state index is -0.409. The average Bonchev–Trinajstić information content (AvgIpc) is 2.47. The van der Waals surface area contributed by atoms with E-state index in [1.54, 1.807) is 0 Å². The second-order valence-electron chi connectivity index (χ2n) is 5.71. The van der Waals surface area contributed by atoms with Crippen LogP contribution in [-0.2, 0) is 15.1 Å². The Balaban J connectivity index is 2.06. The summed E-state index contributed by atoms with van der Waals surface area (Å²) in [5, 5.41) is 2.44. The first-order chi connectivity index (χ1) is 9.70. The highest BCUT2D eigenvalue weighted by Gasteiger charge is 2.37. The van der Waals surface area contributed by atoms with E-state index >= 15 is 0 Å². The monoisotopic (exact) mass is 268 g/mol. The van der Waals surface area contributed by atoms with Crippen molar-refractivity contribution < 1.29 is 9.53 Å². The molecule has 0 heterocycles. The molecule has 3 rings (SSSR count). The van der Waals surface area contributed by atoms with Gasteiger partial charge in [-0.3, -0.25) is 4.79 Å². The number of hydrogen-bond donors (Lipinski definition) is 0. The van der Waals surface area contributed by atoms with E-state index in [1.165, 1.54) is 24.1 Å². The highest BCUT2D eigenvalue weighted by atomic mass is 16.6.